The number of unbranched alkanes of at least 4 members (excludes halogenated alkanes) is 9. The average molecular weight is 438 g/mol. The predicted octanol–water partition coefficient (Wildman–Crippen LogP) is 9.70. The van der Waals surface area contributed by atoms with Crippen molar-refractivity contribution in [3.05, 3.63) is 0 Å². The standard InChI is InChI=1S/C29H59NO/c1-10-14-17-20-23-28(8,13-4)30(26(31)27(5,6)7)29(9,24-21-18-15-11-2)25-22-19-16-12-3/h10-25H2,1-9H3. The van der Waals surface area contributed by atoms with Gasteiger partial charge in [-0.1, -0.05) is 126 Å². The van der Waals surface area contributed by atoms with Gasteiger partial charge in [-0.05, 0) is 39.5 Å². The Labute approximate surface area is 197 Å². The Bertz CT molecular complexity index is 452. The van der Waals surface area contributed by atoms with Gasteiger partial charge in [0.15, 0.2) is 0 Å². The molecule has 1 amide bonds. The van der Waals surface area contributed by atoms with E-state index >= 15 is 0 Å². The summed E-state index contributed by atoms with van der Waals surface area (Å²) >= 11 is 0. The summed E-state index contributed by atoms with van der Waals surface area (Å²) in [6, 6.07) is 0. The van der Waals surface area contributed by atoms with E-state index in [1.54, 1.807) is 0 Å². The van der Waals surface area contributed by atoms with Crippen LogP contribution in [0.3, 0.4) is 0 Å². The van der Waals surface area contributed by atoms with Crippen molar-refractivity contribution in [3.63, 3.8) is 0 Å². The monoisotopic (exact) mass is 437 g/mol. The molecule has 0 radical (unpaired) electrons. The van der Waals surface area contributed by atoms with E-state index in [4.69, 9.17) is 0 Å². The van der Waals surface area contributed by atoms with Crippen LogP contribution < -0.4 is 0 Å². The maximum atomic E-state index is 14.0. The van der Waals surface area contributed by atoms with Gasteiger partial charge in [0.05, 0.1) is 0 Å². The van der Waals surface area contributed by atoms with Crippen molar-refractivity contribution >= 4 is 5.91 Å². The first kappa shape index (κ1) is 30.5. The lowest BCUT2D eigenvalue weighted by Gasteiger charge is -2.54. The molecule has 31 heavy (non-hydrogen) atoms. The molecule has 0 aromatic heterocycles. The van der Waals surface area contributed by atoms with Crippen molar-refractivity contribution in [1.82, 2.24) is 4.90 Å². The average Bonchev–Trinajstić information content (AvgIpc) is 2.71. The fourth-order valence-electron chi connectivity index (χ4n) is 5.07. The highest BCUT2D eigenvalue weighted by molar-refractivity contribution is 5.83. The number of amides is 1. The molecule has 2 heteroatoms. The Balaban J connectivity index is 5.95. The third kappa shape index (κ3) is 10.8. The Morgan fingerprint density at radius 1 is 0.548 bits per heavy atom. The largest absolute Gasteiger partial charge is 0.331 e. The van der Waals surface area contributed by atoms with E-state index in [1.807, 2.05) is 0 Å². The Morgan fingerprint density at radius 2 is 0.903 bits per heavy atom. The molecule has 186 valence electrons. The molecule has 2 nitrogen and oxygen atoms in total. The lowest BCUT2D eigenvalue weighted by Crippen LogP contribution is -2.63. The molecule has 0 aliphatic heterocycles. The van der Waals surface area contributed by atoms with Gasteiger partial charge in [0, 0.05) is 16.5 Å². The Hall–Kier alpha value is -0.530. The van der Waals surface area contributed by atoms with E-state index in [9.17, 15) is 4.79 Å². The van der Waals surface area contributed by atoms with Crippen molar-refractivity contribution in [2.75, 3.05) is 0 Å². The van der Waals surface area contributed by atoms with E-state index in [1.165, 1.54) is 77.0 Å². The van der Waals surface area contributed by atoms with Crippen molar-refractivity contribution in [3.8, 4) is 0 Å². The molecule has 0 bridgehead atoms. The van der Waals surface area contributed by atoms with Gasteiger partial charge < -0.3 is 4.90 Å². The minimum atomic E-state index is -0.339. The maximum Gasteiger partial charge on any atom is 0.228 e. The van der Waals surface area contributed by atoms with Crippen LogP contribution in [0.1, 0.15) is 165 Å². The minimum Gasteiger partial charge on any atom is -0.331 e. The van der Waals surface area contributed by atoms with Crippen LogP contribution in [0.4, 0.5) is 0 Å². The molecular weight excluding hydrogens is 378 g/mol. The molecular formula is C29H59NO. The lowest BCUT2D eigenvalue weighted by molar-refractivity contribution is -0.157. The highest BCUT2D eigenvalue weighted by atomic mass is 16.2. The Kier molecular flexibility index (Phi) is 15.1. The van der Waals surface area contributed by atoms with Crippen LogP contribution in [-0.4, -0.2) is 21.9 Å². The summed E-state index contributed by atoms with van der Waals surface area (Å²) in [6.45, 7) is 20.3. The molecule has 0 saturated carbocycles. The fourth-order valence-corrected chi connectivity index (χ4v) is 5.07. The molecule has 0 aliphatic rings. The SMILES string of the molecule is CCCCCCC(C)(CC)N(C(=O)C(C)(C)C)C(C)(CCCCCC)CCCCCC. The van der Waals surface area contributed by atoms with Gasteiger partial charge in [0.1, 0.15) is 0 Å². The molecule has 0 rings (SSSR count). The van der Waals surface area contributed by atoms with Crippen LogP contribution in [0, 0.1) is 5.41 Å². The summed E-state index contributed by atoms with van der Waals surface area (Å²) in [5.74, 6) is 0.362. The van der Waals surface area contributed by atoms with Crippen molar-refractivity contribution < 1.29 is 4.79 Å². The first-order valence-electron chi connectivity index (χ1n) is 13.9. The normalized spacial score (nSPS) is 14.5. The highest BCUT2D eigenvalue weighted by Crippen LogP contribution is 2.41. The number of carbonyl (C=O) groups excluding carboxylic acids is 1. The van der Waals surface area contributed by atoms with E-state index < -0.39 is 0 Å². The molecule has 0 aliphatic carbocycles. The quantitative estimate of drug-likeness (QED) is 0.195. The molecule has 0 spiro atoms. The van der Waals surface area contributed by atoms with Gasteiger partial charge in [0.2, 0.25) is 5.91 Å². The number of hydrogen-bond acceptors (Lipinski definition) is 1. The van der Waals surface area contributed by atoms with Gasteiger partial charge in [-0.25, -0.2) is 0 Å². The summed E-state index contributed by atoms with van der Waals surface area (Å²) < 4.78 is 0. The molecule has 0 heterocycles. The maximum absolute atomic E-state index is 14.0. The van der Waals surface area contributed by atoms with Crippen molar-refractivity contribution in [1.29, 1.82) is 0 Å². The number of nitrogens with zero attached hydrogens (tertiary/aromatic N) is 1. The summed E-state index contributed by atoms with van der Waals surface area (Å²) in [5, 5.41) is 0. The van der Waals surface area contributed by atoms with Gasteiger partial charge >= 0.3 is 0 Å². The number of rotatable bonds is 18. The van der Waals surface area contributed by atoms with Crippen LogP contribution in [0.5, 0.6) is 0 Å². The smallest absolute Gasteiger partial charge is 0.228 e. The Morgan fingerprint density at radius 3 is 1.19 bits per heavy atom. The zero-order chi connectivity index (χ0) is 24.0. The van der Waals surface area contributed by atoms with Crippen molar-refractivity contribution in [2.24, 2.45) is 5.41 Å². The molecule has 0 saturated heterocycles. The van der Waals surface area contributed by atoms with E-state index in [2.05, 4.69) is 67.2 Å². The summed E-state index contributed by atoms with van der Waals surface area (Å²) in [5.41, 5.74) is -0.433. The van der Waals surface area contributed by atoms with Crippen LogP contribution >= 0.6 is 0 Å². The lowest BCUT2D eigenvalue weighted by atomic mass is 9.77. The van der Waals surface area contributed by atoms with Gasteiger partial charge in [-0.3, -0.25) is 4.79 Å². The number of hydrogen-bond donors (Lipinski definition) is 0. The second-order valence-corrected chi connectivity index (χ2v) is 11.7. The summed E-state index contributed by atoms with van der Waals surface area (Å²) in [6.07, 6.45) is 19.7. The molecule has 0 N–H and O–H groups in total. The van der Waals surface area contributed by atoms with E-state index in [-0.39, 0.29) is 16.5 Å². The first-order valence-corrected chi connectivity index (χ1v) is 13.9. The zero-order valence-electron chi connectivity index (χ0n) is 23.2. The zero-order valence-corrected chi connectivity index (χ0v) is 23.2. The molecule has 0 aromatic rings. The van der Waals surface area contributed by atoms with Gasteiger partial charge in [-0.15, -0.1) is 0 Å². The summed E-state index contributed by atoms with van der Waals surface area (Å²) in [4.78, 5) is 16.4. The third-order valence-electron chi connectivity index (χ3n) is 7.39. The van der Waals surface area contributed by atoms with Crippen LogP contribution in [-0.2, 0) is 4.79 Å². The van der Waals surface area contributed by atoms with Gasteiger partial charge in [-0.2, -0.15) is 0 Å². The second-order valence-electron chi connectivity index (χ2n) is 11.7. The molecule has 0 aromatic carbocycles. The topological polar surface area (TPSA) is 20.3 Å². The van der Waals surface area contributed by atoms with Crippen molar-refractivity contribution in [2.45, 2.75) is 176 Å². The van der Waals surface area contributed by atoms with Gasteiger partial charge in [0.25, 0.3) is 0 Å². The minimum absolute atomic E-state index is 0.0403. The van der Waals surface area contributed by atoms with E-state index in [0.29, 0.717) is 5.91 Å². The molecule has 1 atom stereocenters. The first-order chi connectivity index (χ1) is 14.5. The second kappa shape index (κ2) is 15.3. The van der Waals surface area contributed by atoms with Crippen LogP contribution in [0.25, 0.3) is 0 Å². The van der Waals surface area contributed by atoms with Crippen LogP contribution in [0.2, 0.25) is 0 Å². The summed E-state index contributed by atoms with van der Waals surface area (Å²) in [7, 11) is 0. The molecule has 1 unspecified atom stereocenters. The highest BCUT2D eigenvalue weighted by Gasteiger charge is 2.47. The number of carbonyl (C=O) groups is 1. The van der Waals surface area contributed by atoms with Crippen LogP contribution in [0.15, 0.2) is 0 Å². The fraction of sp³-hybridized carbons (Fsp3) is 0.966. The molecule has 0 fully saturated rings. The van der Waals surface area contributed by atoms with E-state index in [0.717, 1.165) is 25.7 Å². The third-order valence-corrected chi connectivity index (χ3v) is 7.39. The predicted molar refractivity (Wildman–Crippen MR) is 140 cm³/mol.